The number of rotatable bonds is 6. The normalized spacial score (nSPS) is 10.9. The fraction of sp³-hybridized carbons (Fsp3) is 0.103. The summed E-state index contributed by atoms with van der Waals surface area (Å²) in [6.45, 7) is 1.97. The van der Waals surface area contributed by atoms with Gasteiger partial charge in [0.15, 0.2) is 0 Å². The third-order valence-corrected chi connectivity index (χ3v) is 5.89. The average Bonchev–Trinajstić information content (AvgIpc) is 3.24. The summed E-state index contributed by atoms with van der Waals surface area (Å²) in [6, 6.07) is 34.0. The van der Waals surface area contributed by atoms with Crippen LogP contribution >= 0.6 is 0 Å². The molecular formula is C29H26N4O. The zero-order chi connectivity index (χ0) is 23.3. The summed E-state index contributed by atoms with van der Waals surface area (Å²) in [5.41, 5.74) is 7.00. The largest absolute Gasteiger partial charge is 0.323 e. The van der Waals surface area contributed by atoms with Gasteiger partial charge in [0.05, 0.1) is 11.0 Å². The molecule has 168 valence electrons. The van der Waals surface area contributed by atoms with Gasteiger partial charge in [-0.15, -0.1) is 0 Å². The van der Waals surface area contributed by atoms with E-state index in [1.54, 1.807) is 0 Å². The fourth-order valence-corrected chi connectivity index (χ4v) is 4.12. The molecule has 5 rings (SSSR count). The minimum Gasteiger partial charge on any atom is -0.308 e. The molecule has 0 aliphatic heterocycles. The number of hydrogen-bond donors (Lipinski definition) is 2. The van der Waals surface area contributed by atoms with Gasteiger partial charge in [0.25, 0.3) is 0 Å². The average molecular weight is 447 g/mol. The molecule has 34 heavy (non-hydrogen) atoms. The van der Waals surface area contributed by atoms with Crippen LogP contribution in [0.4, 0.5) is 16.2 Å². The number of amides is 2. The lowest BCUT2D eigenvalue weighted by Gasteiger charge is -2.11. The summed E-state index contributed by atoms with van der Waals surface area (Å²) in [6.07, 6.45) is 1.66. The molecule has 1 heterocycles. The highest BCUT2D eigenvalue weighted by Crippen LogP contribution is 2.23. The van der Waals surface area contributed by atoms with Crippen molar-refractivity contribution in [2.24, 2.45) is 0 Å². The maximum Gasteiger partial charge on any atom is 0.323 e. The predicted molar refractivity (Wildman–Crippen MR) is 139 cm³/mol. The Morgan fingerprint density at radius 2 is 1.47 bits per heavy atom. The van der Waals surface area contributed by atoms with E-state index in [1.165, 1.54) is 5.56 Å². The number of carbonyl (C=O) groups is 1. The summed E-state index contributed by atoms with van der Waals surface area (Å²) in [5, 5.41) is 5.79. The first kappa shape index (κ1) is 21.5. The summed E-state index contributed by atoms with van der Waals surface area (Å²) in [5.74, 6) is 1.03. The maximum atomic E-state index is 12.4. The number of carbonyl (C=O) groups excluding carboxylic acids is 1. The molecule has 0 saturated carbocycles. The Bertz CT molecular complexity index is 1420. The molecule has 4 aromatic carbocycles. The smallest absolute Gasteiger partial charge is 0.308 e. The SMILES string of the molecule is Cc1ccccc1NC(=O)Nc1ccc(CCc2nc3ccccc3n2-c2ccccc2)cc1. The van der Waals surface area contributed by atoms with Gasteiger partial charge in [-0.25, -0.2) is 9.78 Å². The molecule has 0 unspecified atom stereocenters. The first-order chi connectivity index (χ1) is 16.7. The predicted octanol–water partition coefficient (Wildman–Crippen LogP) is 6.76. The number of nitrogens with zero attached hydrogens (tertiary/aromatic N) is 2. The molecule has 0 aliphatic carbocycles. The number of fused-ring (bicyclic) bond motifs is 1. The van der Waals surface area contributed by atoms with Crippen molar-refractivity contribution in [3.05, 3.63) is 120 Å². The van der Waals surface area contributed by atoms with E-state index < -0.39 is 0 Å². The van der Waals surface area contributed by atoms with Gasteiger partial charge >= 0.3 is 6.03 Å². The molecular weight excluding hydrogens is 420 g/mol. The number of aromatic nitrogens is 2. The Labute approximate surface area is 199 Å². The van der Waals surface area contributed by atoms with E-state index in [0.29, 0.717) is 0 Å². The molecule has 0 fully saturated rings. The molecule has 2 amide bonds. The molecule has 0 atom stereocenters. The third kappa shape index (κ3) is 4.69. The van der Waals surface area contributed by atoms with Crippen LogP contribution in [0.2, 0.25) is 0 Å². The van der Waals surface area contributed by atoms with Crippen molar-refractivity contribution in [2.75, 3.05) is 10.6 Å². The summed E-state index contributed by atoms with van der Waals surface area (Å²) < 4.78 is 2.24. The molecule has 2 N–H and O–H groups in total. The first-order valence-corrected chi connectivity index (χ1v) is 11.4. The molecule has 5 aromatic rings. The van der Waals surface area contributed by atoms with Crippen molar-refractivity contribution in [1.82, 2.24) is 9.55 Å². The van der Waals surface area contributed by atoms with E-state index in [2.05, 4.69) is 63.7 Å². The summed E-state index contributed by atoms with van der Waals surface area (Å²) in [7, 11) is 0. The van der Waals surface area contributed by atoms with Gasteiger partial charge < -0.3 is 10.6 Å². The first-order valence-electron chi connectivity index (χ1n) is 11.4. The minimum absolute atomic E-state index is 0.251. The van der Waals surface area contributed by atoms with Crippen LogP contribution in [0.1, 0.15) is 17.0 Å². The Kier molecular flexibility index (Phi) is 6.08. The number of anilines is 2. The standard InChI is InChI=1S/C29H26N4O/c1-21-9-5-6-12-25(21)32-29(34)30-23-18-15-22(16-19-23)17-20-28-31-26-13-7-8-14-27(26)33(28)24-10-3-2-4-11-24/h2-16,18-19H,17,20H2,1H3,(H2,30,32,34). The van der Waals surface area contributed by atoms with Crippen molar-refractivity contribution in [2.45, 2.75) is 19.8 Å². The van der Waals surface area contributed by atoms with Crippen molar-refractivity contribution < 1.29 is 4.79 Å². The molecule has 5 nitrogen and oxygen atoms in total. The van der Waals surface area contributed by atoms with Gasteiger partial charge in [-0.1, -0.05) is 60.7 Å². The molecule has 0 spiro atoms. The van der Waals surface area contributed by atoms with Crippen LogP contribution in [-0.2, 0) is 12.8 Å². The van der Waals surface area contributed by atoms with E-state index in [0.717, 1.165) is 52.3 Å². The number of hydrogen-bond acceptors (Lipinski definition) is 2. The number of para-hydroxylation sites is 4. The van der Waals surface area contributed by atoms with Crippen molar-refractivity contribution >= 4 is 28.4 Å². The van der Waals surface area contributed by atoms with Gasteiger partial charge in [-0.05, 0) is 66.9 Å². The van der Waals surface area contributed by atoms with Crippen LogP contribution in [0.3, 0.4) is 0 Å². The number of aryl methyl sites for hydroxylation is 3. The van der Waals surface area contributed by atoms with E-state index in [1.807, 2.05) is 61.5 Å². The van der Waals surface area contributed by atoms with Crippen LogP contribution in [0, 0.1) is 6.92 Å². The zero-order valence-corrected chi connectivity index (χ0v) is 19.0. The number of benzene rings is 4. The van der Waals surface area contributed by atoms with Crippen LogP contribution in [-0.4, -0.2) is 15.6 Å². The van der Waals surface area contributed by atoms with Gasteiger partial charge in [0.2, 0.25) is 0 Å². The topological polar surface area (TPSA) is 59.0 Å². The van der Waals surface area contributed by atoms with Crippen LogP contribution in [0.5, 0.6) is 0 Å². The highest BCUT2D eigenvalue weighted by molar-refractivity contribution is 6.00. The van der Waals surface area contributed by atoms with Gasteiger partial charge in [-0.3, -0.25) is 4.57 Å². The monoisotopic (exact) mass is 446 g/mol. The molecule has 1 aromatic heterocycles. The Morgan fingerprint density at radius 3 is 2.26 bits per heavy atom. The fourth-order valence-electron chi connectivity index (χ4n) is 4.12. The van der Waals surface area contributed by atoms with Gasteiger partial charge in [0.1, 0.15) is 5.82 Å². The minimum atomic E-state index is -0.251. The third-order valence-electron chi connectivity index (χ3n) is 5.89. The van der Waals surface area contributed by atoms with Crippen molar-refractivity contribution in [3.8, 4) is 5.69 Å². The summed E-state index contributed by atoms with van der Waals surface area (Å²) >= 11 is 0. The lowest BCUT2D eigenvalue weighted by molar-refractivity contribution is 0.262. The quantitative estimate of drug-likeness (QED) is 0.303. The van der Waals surface area contributed by atoms with Crippen molar-refractivity contribution in [1.29, 1.82) is 0 Å². The second kappa shape index (κ2) is 9.63. The highest BCUT2D eigenvalue weighted by atomic mass is 16.2. The van der Waals surface area contributed by atoms with E-state index in [4.69, 9.17) is 4.98 Å². The Balaban J connectivity index is 1.27. The highest BCUT2D eigenvalue weighted by Gasteiger charge is 2.12. The molecule has 5 heteroatoms. The number of nitrogens with one attached hydrogen (secondary N) is 2. The van der Waals surface area contributed by atoms with Gasteiger partial charge in [-0.2, -0.15) is 0 Å². The number of imidazole rings is 1. The van der Waals surface area contributed by atoms with E-state index >= 15 is 0 Å². The van der Waals surface area contributed by atoms with Crippen LogP contribution in [0.15, 0.2) is 103 Å². The van der Waals surface area contributed by atoms with Crippen molar-refractivity contribution in [3.63, 3.8) is 0 Å². The Hall–Kier alpha value is -4.38. The van der Waals surface area contributed by atoms with E-state index in [9.17, 15) is 4.79 Å². The second-order valence-electron chi connectivity index (χ2n) is 8.28. The number of urea groups is 1. The molecule has 0 bridgehead atoms. The zero-order valence-electron chi connectivity index (χ0n) is 19.0. The second-order valence-corrected chi connectivity index (χ2v) is 8.28. The van der Waals surface area contributed by atoms with Crippen LogP contribution < -0.4 is 10.6 Å². The molecule has 0 aliphatic rings. The van der Waals surface area contributed by atoms with E-state index in [-0.39, 0.29) is 6.03 Å². The Morgan fingerprint density at radius 1 is 0.765 bits per heavy atom. The lowest BCUT2D eigenvalue weighted by Crippen LogP contribution is -2.19. The molecule has 0 radical (unpaired) electrons. The maximum absolute atomic E-state index is 12.4. The lowest BCUT2D eigenvalue weighted by atomic mass is 10.1. The van der Waals surface area contributed by atoms with Gasteiger partial charge in [0, 0.05) is 23.5 Å². The molecule has 0 saturated heterocycles. The summed E-state index contributed by atoms with van der Waals surface area (Å²) in [4.78, 5) is 17.3. The van der Waals surface area contributed by atoms with Crippen LogP contribution in [0.25, 0.3) is 16.7 Å².